The van der Waals surface area contributed by atoms with Gasteiger partial charge in [0.1, 0.15) is 34.8 Å². The number of rotatable bonds is 15. The lowest BCUT2D eigenvalue weighted by Crippen LogP contribution is -2.81. The van der Waals surface area contributed by atoms with Crippen molar-refractivity contribution in [3.05, 3.63) is 231 Å². The third-order valence-electron chi connectivity index (χ3n) is 12.3. The van der Waals surface area contributed by atoms with Gasteiger partial charge in [0.25, 0.3) is 0 Å². The average Bonchev–Trinajstić information content (AvgIpc) is 3.82. The Hall–Kier alpha value is -5.71. The first-order chi connectivity index (χ1) is 30.1. The Morgan fingerprint density at radius 1 is 0.613 bits per heavy atom. The summed E-state index contributed by atoms with van der Waals surface area (Å²) < 4.78 is 13.2. The third-order valence-corrected chi connectivity index (χ3v) is 13.3. The lowest BCUT2D eigenvalue weighted by atomic mass is 9.56. The minimum atomic E-state index is -2.43. The van der Waals surface area contributed by atoms with Gasteiger partial charge in [-0.05, 0) is 63.4 Å². The molecule has 8 heteroatoms. The van der Waals surface area contributed by atoms with Gasteiger partial charge in [0, 0.05) is 49.0 Å². The van der Waals surface area contributed by atoms with Gasteiger partial charge in [0.15, 0.2) is 0 Å². The fourth-order valence-corrected chi connectivity index (χ4v) is 10.2. The number of esters is 1. The van der Waals surface area contributed by atoms with Crippen molar-refractivity contribution in [2.45, 2.75) is 80.1 Å². The summed E-state index contributed by atoms with van der Waals surface area (Å²) in [6, 6.07) is 57.2. The fourth-order valence-electron chi connectivity index (χ4n) is 9.36. The normalized spacial score (nSPS) is 23.3. The maximum absolute atomic E-state index is 14.1. The van der Waals surface area contributed by atoms with Crippen LogP contribution in [0, 0.1) is 0 Å². The van der Waals surface area contributed by atoms with Crippen LogP contribution < -0.4 is 4.74 Å². The summed E-state index contributed by atoms with van der Waals surface area (Å²) in [4.78, 5) is 14.1. The molecule has 6 aromatic carbocycles. The number of aliphatic hydroxyl groups is 4. The van der Waals surface area contributed by atoms with Crippen molar-refractivity contribution in [3.8, 4) is 5.75 Å². The highest BCUT2D eigenvalue weighted by Crippen LogP contribution is 2.56. The number of thiophene rings is 1. The minimum absolute atomic E-state index is 0.0717. The van der Waals surface area contributed by atoms with E-state index in [0.717, 1.165) is 21.6 Å². The lowest BCUT2D eigenvalue weighted by Gasteiger charge is -2.62. The van der Waals surface area contributed by atoms with Crippen molar-refractivity contribution >= 4 is 17.3 Å². The second-order valence-corrected chi connectivity index (χ2v) is 17.5. The highest BCUT2D eigenvalue weighted by Gasteiger charge is 2.72. The second kappa shape index (κ2) is 18.7. The fraction of sp³-hybridized carbons (Fsp3) is 0.241. The van der Waals surface area contributed by atoms with Crippen LogP contribution in [0.3, 0.4) is 0 Å². The predicted octanol–water partition coefficient (Wildman–Crippen LogP) is 9.01. The quantitative estimate of drug-likeness (QED) is 0.0602. The molecule has 0 bridgehead atoms. The molecule has 4 N–H and O–H groups in total. The van der Waals surface area contributed by atoms with E-state index in [1.54, 1.807) is 17.4 Å². The van der Waals surface area contributed by atoms with Crippen molar-refractivity contribution in [2.24, 2.45) is 0 Å². The molecule has 2 heterocycles. The van der Waals surface area contributed by atoms with Gasteiger partial charge in [-0.25, -0.2) is 0 Å². The number of carbonyl (C=O) groups is 1. The Balaban J connectivity index is 1.39. The van der Waals surface area contributed by atoms with Gasteiger partial charge >= 0.3 is 5.97 Å². The summed E-state index contributed by atoms with van der Waals surface area (Å²) in [5.41, 5.74) is -2.00. The Bertz CT molecular complexity index is 2500. The Kier molecular flexibility index (Phi) is 13.0. The minimum Gasteiger partial charge on any atom is -0.426 e. The summed E-state index contributed by atoms with van der Waals surface area (Å²) in [5.74, 6) is -0.596. The first-order valence-corrected chi connectivity index (χ1v) is 22.0. The van der Waals surface area contributed by atoms with E-state index in [9.17, 15) is 25.2 Å². The molecule has 1 aromatic heterocycles. The molecule has 1 aliphatic rings. The molecule has 7 nitrogen and oxygen atoms in total. The Labute approximate surface area is 367 Å². The van der Waals surface area contributed by atoms with Crippen LogP contribution in [0.2, 0.25) is 0 Å². The number of benzene rings is 6. The van der Waals surface area contributed by atoms with Crippen molar-refractivity contribution in [2.75, 3.05) is 0 Å². The topological polar surface area (TPSA) is 116 Å². The number of aliphatic hydroxyl groups excluding tert-OH is 1. The second-order valence-electron chi connectivity index (χ2n) is 16.5. The molecule has 8 rings (SSSR count). The summed E-state index contributed by atoms with van der Waals surface area (Å²) >= 11 is 1.64. The van der Waals surface area contributed by atoms with E-state index in [4.69, 9.17) is 9.47 Å². The van der Waals surface area contributed by atoms with E-state index < -0.39 is 41.1 Å². The maximum atomic E-state index is 14.1. The van der Waals surface area contributed by atoms with Gasteiger partial charge in [-0.2, -0.15) is 0 Å². The van der Waals surface area contributed by atoms with Gasteiger partial charge < -0.3 is 29.9 Å². The number of hydrogen-bond acceptors (Lipinski definition) is 8. The molecule has 0 amide bonds. The summed E-state index contributed by atoms with van der Waals surface area (Å²) in [6.45, 7) is 1.32. The zero-order chi connectivity index (χ0) is 43.2. The van der Waals surface area contributed by atoms with Crippen molar-refractivity contribution in [3.63, 3.8) is 0 Å². The molecular weight excluding hydrogens is 793 g/mol. The molecule has 0 saturated carbocycles. The van der Waals surface area contributed by atoms with Gasteiger partial charge in [-0.3, -0.25) is 4.79 Å². The average molecular weight is 845 g/mol. The smallest absolute Gasteiger partial charge is 0.308 e. The van der Waals surface area contributed by atoms with Crippen LogP contribution in [-0.2, 0) is 41.6 Å². The molecule has 0 aliphatic carbocycles. The first-order valence-electron chi connectivity index (χ1n) is 21.1. The van der Waals surface area contributed by atoms with Crippen molar-refractivity contribution < 1.29 is 34.7 Å². The third kappa shape index (κ3) is 8.94. The predicted molar refractivity (Wildman–Crippen MR) is 243 cm³/mol. The van der Waals surface area contributed by atoms with Crippen molar-refractivity contribution in [1.29, 1.82) is 0 Å². The van der Waals surface area contributed by atoms with Crippen LogP contribution in [0.15, 0.2) is 187 Å². The van der Waals surface area contributed by atoms with Crippen LogP contribution in [0.5, 0.6) is 5.75 Å². The first kappa shape index (κ1) is 43.0. The Morgan fingerprint density at radius 3 is 1.60 bits per heavy atom. The standard InChI is InChI=1S/C54H52O7S/c1-38(55)60-48-30-29-44(45(49-28-17-31-62-49)32-39-18-7-2-8-19-39)34-46(48)50-52(57,35-41-22-11-4-12-23-41)54(59,37-43-26-15-6-16-27-43)53(58,36-42-24-13-5-14-25-42)51(61-50)47(56)33-40-20-9-3-10-21-40/h2-31,34,45,47,50-51,56-59H,32-33,35-37H2,1H3/t45?,47?,50-,51+,52-,53+,54+/m0/s1. The summed E-state index contributed by atoms with van der Waals surface area (Å²) in [5, 5.41) is 56.5. The summed E-state index contributed by atoms with van der Waals surface area (Å²) in [7, 11) is 0. The maximum Gasteiger partial charge on any atom is 0.308 e. The zero-order valence-corrected chi connectivity index (χ0v) is 35.5. The van der Waals surface area contributed by atoms with Crippen LogP contribution >= 0.6 is 11.3 Å². The molecule has 62 heavy (non-hydrogen) atoms. The molecule has 0 spiro atoms. The highest BCUT2D eigenvalue weighted by atomic mass is 32.1. The zero-order valence-electron chi connectivity index (χ0n) is 34.7. The number of ether oxygens (including phenoxy) is 2. The molecule has 1 saturated heterocycles. The van der Waals surface area contributed by atoms with E-state index in [-0.39, 0.29) is 37.4 Å². The number of carbonyl (C=O) groups excluding carboxylic acids is 1. The van der Waals surface area contributed by atoms with E-state index >= 15 is 0 Å². The highest BCUT2D eigenvalue weighted by molar-refractivity contribution is 7.10. The van der Waals surface area contributed by atoms with E-state index in [1.807, 2.05) is 163 Å². The van der Waals surface area contributed by atoms with Gasteiger partial charge in [0.2, 0.25) is 0 Å². The molecule has 316 valence electrons. The largest absolute Gasteiger partial charge is 0.426 e. The van der Waals surface area contributed by atoms with Crippen LogP contribution in [0.1, 0.15) is 62.8 Å². The van der Waals surface area contributed by atoms with Gasteiger partial charge in [-0.15, -0.1) is 11.3 Å². The molecular formula is C54H52O7S. The summed E-state index contributed by atoms with van der Waals surface area (Å²) in [6.07, 6.45) is -4.17. The molecule has 1 aliphatic heterocycles. The van der Waals surface area contributed by atoms with Crippen LogP contribution in [-0.4, -0.2) is 55.4 Å². The van der Waals surface area contributed by atoms with Gasteiger partial charge in [0.05, 0.1) is 6.10 Å². The Morgan fingerprint density at radius 2 is 1.10 bits per heavy atom. The molecule has 2 unspecified atom stereocenters. The molecule has 0 radical (unpaired) electrons. The molecule has 7 aromatic rings. The van der Waals surface area contributed by atoms with Crippen molar-refractivity contribution in [1.82, 2.24) is 0 Å². The van der Waals surface area contributed by atoms with E-state index in [1.165, 1.54) is 6.92 Å². The molecule has 7 atom stereocenters. The number of hydrogen-bond donors (Lipinski definition) is 4. The van der Waals surface area contributed by atoms with Crippen LogP contribution in [0.25, 0.3) is 0 Å². The lowest BCUT2D eigenvalue weighted by molar-refractivity contribution is -0.368. The molecule has 1 fully saturated rings. The monoisotopic (exact) mass is 844 g/mol. The van der Waals surface area contributed by atoms with Crippen LogP contribution in [0.4, 0.5) is 0 Å². The van der Waals surface area contributed by atoms with Gasteiger partial charge in [-0.1, -0.05) is 164 Å². The van der Waals surface area contributed by atoms with E-state index in [2.05, 4.69) is 18.2 Å². The SMILES string of the molecule is CC(=O)Oc1ccc(C(Cc2ccccc2)c2cccs2)cc1[C@@H]1O[C@H](C(O)Cc2ccccc2)[C@](O)(Cc2ccccc2)[C@@](O)(Cc2ccccc2)[C@]1(O)Cc1ccccc1. The van der Waals surface area contributed by atoms with E-state index in [0.29, 0.717) is 28.7 Å².